The number of nitrogens with one attached hydrogen (secondary N) is 1. The van der Waals surface area contributed by atoms with E-state index in [0.717, 1.165) is 30.6 Å². The number of benzene rings is 1. The summed E-state index contributed by atoms with van der Waals surface area (Å²) in [4.78, 5) is 0. The zero-order valence-electron chi connectivity index (χ0n) is 10.9. The van der Waals surface area contributed by atoms with E-state index in [9.17, 15) is 4.39 Å². The molecule has 3 heteroatoms. The summed E-state index contributed by atoms with van der Waals surface area (Å²) in [6, 6.07) is 5.24. The Morgan fingerprint density at radius 3 is 2.76 bits per heavy atom. The Bertz CT molecular complexity index is 341. The second-order valence-corrected chi connectivity index (χ2v) is 4.27. The van der Waals surface area contributed by atoms with Gasteiger partial charge in [0.2, 0.25) is 0 Å². The third kappa shape index (κ3) is 4.44. The Labute approximate surface area is 103 Å². The molecule has 96 valence electrons. The van der Waals surface area contributed by atoms with Crippen LogP contribution < -0.4 is 5.32 Å². The third-order valence-corrected chi connectivity index (χ3v) is 2.77. The highest BCUT2D eigenvalue weighted by Gasteiger charge is 2.13. The van der Waals surface area contributed by atoms with Crippen LogP contribution in [0.1, 0.15) is 36.9 Å². The Morgan fingerprint density at radius 2 is 2.12 bits per heavy atom. The standard InChI is InChI=1S/C14H22FNO/c1-4-8-17-9-7-14(16-3)12-10-11(2)5-6-13(12)15/h5-6,10,14,16H,4,7-9H2,1-3H3. The van der Waals surface area contributed by atoms with Gasteiger partial charge in [-0.1, -0.05) is 24.6 Å². The van der Waals surface area contributed by atoms with Gasteiger partial charge in [0.05, 0.1) is 0 Å². The summed E-state index contributed by atoms with van der Waals surface area (Å²) in [6.45, 7) is 5.48. The van der Waals surface area contributed by atoms with E-state index in [1.165, 1.54) is 6.07 Å². The largest absolute Gasteiger partial charge is 0.381 e. The highest BCUT2D eigenvalue weighted by Crippen LogP contribution is 2.21. The molecule has 0 heterocycles. The van der Waals surface area contributed by atoms with Gasteiger partial charge < -0.3 is 10.1 Å². The van der Waals surface area contributed by atoms with Crippen molar-refractivity contribution in [3.63, 3.8) is 0 Å². The number of halogens is 1. The van der Waals surface area contributed by atoms with Crippen molar-refractivity contribution < 1.29 is 9.13 Å². The van der Waals surface area contributed by atoms with Gasteiger partial charge in [0.15, 0.2) is 0 Å². The van der Waals surface area contributed by atoms with Gasteiger partial charge in [0, 0.05) is 24.8 Å². The van der Waals surface area contributed by atoms with E-state index in [1.54, 1.807) is 6.07 Å². The van der Waals surface area contributed by atoms with Crippen LogP contribution in [-0.4, -0.2) is 20.3 Å². The van der Waals surface area contributed by atoms with Crippen molar-refractivity contribution in [2.45, 2.75) is 32.7 Å². The van der Waals surface area contributed by atoms with Gasteiger partial charge in [-0.05, 0) is 32.9 Å². The van der Waals surface area contributed by atoms with Crippen LogP contribution in [0, 0.1) is 12.7 Å². The average molecular weight is 239 g/mol. The quantitative estimate of drug-likeness (QED) is 0.738. The first kappa shape index (κ1) is 14.1. The van der Waals surface area contributed by atoms with E-state index in [-0.39, 0.29) is 11.9 Å². The fourth-order valence-electron chi connectivity index (χ4n) is 1.83. The molecule has 1 aromatic rings. The second kappa shape index (κ2) is 7.41. The van der Waals surface area contributed by atoms with E-state index in [4.69, 9.17) is 4.74 Å². The first-order valence-corrected chi connectivity index (χ1v) is 6.20. The average Bonchev–Trinajstić information content (AvgIpc) is 2.33. The van der Waals surface area contributed by atoms with E-state index in [2.05, 4.69) is 12.2 Å². The highest BCUT2D eigenvalue weighted by atomic mass is 19.1. The van der Waals surface area contributed by atoms with Crippen LogP contribution in [0.15, 0.2) is 18.2 Å². The minimum atomic E-state index is -0.148. The first-order valence-electron chi connectivity index (χ1n) is 6.20. The fourth-order valence-corrected chi connectivity index (χ4v) is 1.83. The maximum atomic E-state index is 13.7. The van der Waals surface area contributed by atoms with Gasteiger partial charge in [-0.3, -0.25) is 0 Å². The summed E-state index contributed by atoms with van der Waals surface area (Å²) < 4.78 is 19.1. The van der Waals surface area contributed by atoms with Crippen LogP contribution in [0.25, 0.3) is 0 Å². The Kier molecular flexibility index (Phi) is 6.16. The first-order chi connectivity index (χ1) is 8.19. The van der Waals surface area contributed by atoms with E-state index in [1.807, 2.05) is 20.0 Å². The molecule has 0 bridgehead atoms. The van der Waals surface area contributed by atoms with Gasteiger partial charge in [-0.25, -0.2) is 4.39 Å². The molecule has 0 spiro atoms. The van der Waals surface area contributed by atoms with Gasteiger partial charge in [-0.2, -0.15) is 0 Å². The second-order valence-electron chi connectivity index (χ2n) is 4.27. The van der Waals surface area contributed by atoms with Gasteiger partial charge >= 0.3 is 0 Å². The van der Waals surface area contributed by atoms with Crippen molar-refractivity contribution in [3.8, 4) is 0 Å². The number of rotatable bonds is 7. The van der Waals surface area contributed by atoms with Gasteiger partial charge in [0.25, 0.3) is 0 Å². The number of ether oxygens (including phenoxy) is 1. The lowest BCUT2D eigenvalue weighted by molar-refractivity contribution is 0.125. The van der Waals surface area contributed by atoms with Crippen LogP contribution in [0.5, 0.6) is 0 Å². The lowest BCUT2D eigenvalue weighted by atomic mass is 10.0. The molecular formula is C14H22FNO. The molecule has 1 rings (SSSR count). The van der Waals surface area contributed by atoms with Crippen LogP contribution in [0.4, 0.5) is 4.39 Å². The Hall–Kier alpha value is -0.930. The molecule has 0 aromatic heterocycles. The van der Waals surface area contributed by atoms with Crippen molar-refractivity contribution in [1.29, 1.82) is 0 Å². The van der Waals surface area contributed by atoms with Crippen LogP contribution in [0.3, 0.4) is 0 Å². The van der Waals surface area contributed by atoms with Crippen molar-refractivity contribution >= 4 is 0 Å². The predicted molar refractivity (Wildman–Crippen MR) is 68.7 cm³/mol. The maximum absolute atomic E-state index is 13.7. The van der Waals surface area contributed by atoms with Crippen LogP contribution in [-0.2, 0) is 4.74 Å². The zero-order chi connectivity index (χ0) is 12.7. The van der Waals surface area contributed by atoms with Gasteiger partial charge in [-0.15, -0.1) is 0 Å². The smallest absolute Gasteiger partial charge is 0.127 e. The summed E-state index contributed by atoms with van der Waals surface area (Å²) in [6.07, 6.45) is 1.81. The summed E-state index contributed by atoms with van der Waals surface area (Å²) in [5.74, 6) is -0.148. The van der Waals surface area contributed by atoms with Crippen molar-refractivity contribution in [2.24, 2.45) is 0 Å². The lowest BCUT2D eigenvalue weighted by Gasteiger charge is -2.18. The SMILES string of the molecule is CCCOCCC(NC)c1cc(C)ccc1F. The lowest BCUT2D eigenvalue weighted by Crippen LogP contribution is -2.19. The molecule has 0 saturated heterocycles. The molecule has 1 aromatic carbocycles. The molecule has 0 aliphatic rings. The summed E-state index contributed by atoms with van der Waals surface area (Å²) in [7, 11) is 1.85. The molecule has 0 radical (unpaired) electrons. The molecule has 0 fully saturated rings. The van der Waals surface area contributed by atoms with E-state index in [0.29, 0.717) is 6.61 Å². The normalized spacial score (nSPS) is 12.7. The Morgan fingerprint density at radius 1 is 1.35 bits per heavy atom. The van der Waals surface area contributed by atoms with Crippen LogP contribution in [0.2, 0.25) is 0 Å². The fraction of sp³-hybridized carbons (Fsp3) is 0.571. The molecule has 0 saturated carbocycles. The number of hydrogen-bond donors (Lipinski definition) is 1. The minimum absolute atomic E-state index is 0.0201. The maximum Gasteiger partial charge on any atom is 0.127 e. The Balaban J connectivity index is 2.62. The minimum Gasteiger partial charge on any atom is -0.381 e. The topological polar surface area (TPSA) is 21.3 Å². The number of aryl methyl sites for hydroxylation is 1. The van der Waals surface area contributed by atoms with E-state index >= 15 is 0 Å². The molecule has 0 aliphatic carbocycles. The molecule has 0 amide bonds. The molecule has 1 atom stereocenters. The van der Waals surface area contributed by atoms with Crippen molar-refractivity contribution in [2.75, 3.05) is 20.3 Å². The van der Waals surface area contributed by atoms with E-state index < -0.39 is 0 Å². The van der Waals surface area contributed by atoms with Gasteiger partial charge in [0.1, 0.15) is 5.82 Å². The zero-order valence-corrected chi connectivity index (χ0v) is 10.9. The molecule has 1 N–H and O–H groups in total. The molecule has 1 unspecified atom stereocenters. The van der Waals surface area contributed by atoms with Crippen molar-refractivity contribution in [3.05, 3.63) is 35.1 Å². The number of hydrogen-bond acceptors (Lipinski definition) is 2. The summed E-state index contributed by atoms with van der Waals surface area (Å²) in [5, 5.41) is 3.14. The molecule has 2 nitrogen and oxygen atoms in total. The highest BCUT2D eigenvalue weighted by molar-refractivity contribution is 5.26. The predicted octanol–water partition coefficient (Wildman–Crippen LogP) is 3.21. The molecular weight excluding hydrogens is 217 g/mol. The molecule has 0 aliphatic heterocycles. The van der Waals surface area contributed by atoms with Crippen molar-refractivity contribution in [1.82, 2.24) is 5.32 Å². The summed E-state index contributed by atoms with van der Waals surface area (Å²) in [5.41, 5.74) is 1.81. The molecule has 17 heavy (non-hydrogen) atoms. The van der Waals surface area contributed by atoms with Crippen LogP contribution >= 0.6 is 0 Å². The third-order valence-electron chi connectivity index (χ3n) is 2.77. The monoisotopic (exact) mass is 239 g/mol. The summed E-state index contributed by atoms with van der Waals surface area (Å²) >= 11 is 0.